The van der Waals surface area contributed by atoms with Gasteiger partial charge in [0.2, 0.25) is 0 Å². The molecule has 0 saturated carbocycles. The summed E-state index contributed by atoms with van der Waals surface area (Å²) >= 11 is 0. The predicted octanol–water partition coefficient (Wildman–Crippen LogP) is 16.1. The lowest BCUT2D eigenvalue weighted by Gasteiger charge is -2.24. The maximum atomic E-state index is 6.17. The monoisotopic (exact) mass is 756 g/mol. The fourth-order valence-electron chi connectivity index (χ4n) is 10.1. The first-order valence-electron chi connectivity index (χ1n) is 20.9. The van der Waals surface area contributed by atoms with Gasteiger partial charge in [-0.3, -0.25) is 0 Å². The summed E-state index contributed by atoms with van der Waals surface area (Å²) in [6.07, 6.45) is 0.127. The third-order valence-corrected chi connectivity index (χ3v) is 12.7. The fraction of sp³-hybridized carbons (Fsp3) is 0.103. The molecule has 1 nitrogen and oxygen atoms in total. The average Bonchev–Trinajstić information content (AvgIpc) is 3.49. The molecule has 0 amide bonds. The first-order valence-corrected chi connectivity index (χ1v) is 20.9. The SMILES string of the molecule is CC(C)Oc1ccc2c(c1)C(C)(C)c1cc(-c3c4ccccc4c(-c4c5ccccc5c(-c5ccc(-c6ccccc6)cc5)c5ccccc45)c4ccccc34)ccc1-2. The molecule has 1 heteroatoms. The molecule has 0 radical (unpaired) electrons. The quantitative estimate of drug-likeness (QED) is 0.154. The minimum absolute atomic E-state index is 0.127. The van der Waals surface area contributed by atoms with Crippen molar-refractivity contribution in [1.29, 1.82) is 0 Å². The number of hydrogen-bond donors (Lipinski definition) is 0. The van der Waals surface area contributed by atoms with E-state index in [0.717, 1.165) is 5.75 Å². The lowest BCUT2D eigenvalue weighted by Crippen LogP contribution is -2.15. The van der Waals surface area contributed by atoms with Gasteiger partial charge in [-0.05, 0) is 142 Å². The summed E-state index contributed by atoms with van der Waals surface area (Å²) in [5, 5.41) is 10.1. The van der Waals surface area contributed by atoms with Crippen LogP contribution in [-0.4, -0.2) is 6.10 Å². The van der Waals surface area contributed by atoms with Crippen LogP contribution < -0.4 is 4.74 Å². The molecule has 0 saturated heterocycles. The molecule has 0 N–H and O–H groups in total. The molecule has 11 rings (SSSR count). The Morgan fingerprint density at radius 3 is 1.17 bits per heavy atom. The van der Waals surface area contributed by atoms with E-state index in [9.17, 15) is 0 Å². The van der Waals surface area contributed by atoms with Crippen molar-refractivity contribution >= 4 is 43.1 Å². The van der Waals surface area contributed by atoms with Crippen molar-refractivity contribution in [2.75, 3.05) is 0 Å². The standard InChI is InChI=1S/C58H44O/c1-36(2)59-41-31-33-43-42-32-30-40(34-52(42)58(3,4)53(43)35-41)55-46-20-10-14-24-50(46)57(51-25-15-11-21-47(51)55)56-48-22-12-8-18-44(48)54(45-19-9-13-23-49(45)56)39-28-26-38(27-29-39)37-16-6-5-7-17-37/h5-36H,1-4H3. The van der Waals surface area contributed by atoms with Crippen molar-refractivity contribution in [3.63, 3.8) is 0 Å². The normalized spacial score (nSPS) is 13.0. The van der Waals surface area contributed by atoms with Gasteiger partial charge in [0, 0.05) is 5.41 Å². The van der Waals surface area contributed by atoms with Gasteiger partial charge >= 0.3 is 0 Å². The van der Waals surface area contributed by atoms with E-state index in [4.69, 9.17) is 4.74 Å². The zero-order valence-electron chi connectivity index (χ0n) is 33.9. The van der Waals surface area contributed by atoms with Crippen molar-refractivity contribution < 1.29 is 4.74 Å². The maximum absolute atomic E-state index is 6.17. The molecule has 0 atom stereocenters. The third-order valence-electron chi connectivity index (χ3n) is 12.7. The van der Waals surface area contributed by atoms with Gasteiger partial charge in [-0.1, -0.05) is 184 Å². The van der Waals surface area contributed by atoms with Crippen LogP contribution in [0.2, 0.25) is 0 Å². The van der Waals surface area contributed by atoms with Gasteiger partial charge in [0.1, 0.15) is 5.75 Å². The van der Waals surface area contributed by atoms with Gasteiger partial charge in [0.15, 0.2) is 0 Å². The molecule has 1 aliphatic rings. The molecule has 0 fully saturated rings. The largest absolute Gasteiger partial charge is 0.491 e. The highest BCUT2D eigenvalue weighted by Crippen LogP contribution is 2.53. The molecular weight excluding hydrogens is 713 g/mol. The summed E-state index contributed by atoms with van der Waals surface area (Å²) in [6, 6.07) is 69.8. The summed E-state index contributed by atoms with van der Waals surface area (Å²) in [4.78, 5) is 0. The molecule has 10 aromatic carbocycles. The van der Waals surface area contributed by atoms with Crippen molar-refractivity contribution in [2.24, 2.45) is 0 Å². The smallest absolute Gasteiger partial charge is 0.120 e. The Hall–Kier alpha value is -6.96. The number of ether oxygens (including phenoxy) is 1. The van der Waals surface area contributed by atoms with E-state index in [-0.39, 0.29) is 11.5 Å². The fourth-order valence-corrected chi connectivity index (χ4v) is 10.1. The van der Waals surface area contributed by atoms with E-state index < -0.39 is 0 Å². The highest BCUT2D eigenvalue weighted by molar-refractivity contribution is 6.30. The molecule has 0 aromatic heterocycles. The van der Waals surface area contributed by atoms with Crippen LogP contribution in [0.25, 0.3) is 98.7 Å². The second kappa shape index (κ2) is 13.6. The summed E-state index contributed by atoms with van der Waals surface area (Å²) in [5.74, 6) is 0.932. The number of hydrogen-bond acceptors (Lipinski definition) is 1. The lowest BCUT2D eigenvalue weighted by atomic mass is 9.79. The summed E-state index contributed by atoms with van der Waals surface area (Å²) < 4.78 is 6.17. The van der Waals surface area contributed by atoms with Crippen LogP contribution in [0.3, 0.4) is 0 Å². The molecule has 0 heterocycles. The Kier molecular flexibility index (Phi) is 8.10. The van der Waals surface area contributed by atoms with Gasteiger partial charge in [-0.25, -0.2) is 0 Å². The summed E-state index contributed by atoms with van der Waals surface area (Å²) in [7, 11) is 0. The van der Waals surface area contributed by atoms with E-state index in [1.54, 1.807) is 0 Å². The molecule has 59 heavy (non-hydrogen) atoms. The zero-order valence-corrected chi connectivity index (χ0v) is 33.9. The zero-order chi connectivity index (χ0) is 39.8. The molecule has 282 valence electrons. The Bertz CT molecular complexity index is 3160. The first kappa shape index (κ1) is 35.2. The topological polar surface area (TPSA) is 9.23 Å². The average molecular weight is 757 g/mol. The van der Waals surface area contributed by atoms with Crippen LogP contribution in [0.4, 0.5) is 0 Å². The van der Waals surface area contributed by atoms with Gasteiger partial charge in [0.25, 0.3) is 0 Å². The van der Waals surface area contributed by atoms with Crippen molar-refractivity contribution in [3.8, 4) is 61.4 Å². The Balaban J connectivity index is 1.15. The van der Waals surface area contributed by atoms with Crippen LogP contribution in [0.15, 0.2) is 188 Å². The first-order chi connectivity index (χ1) is 28.9. The van der Waals surface area contributed by atoms with E-state index in [1.807, 2.05) is 0 Å². The van der Waals surface area contributed by atoms with Gasteiger partial charge in [0.05, 0.1) is 6.10 Å². The van der Waals surface area contributed by atoms with Crippen molar-refractivity contribution in [3.05, 3.63) is 199 Å². The van der Waals surface area contributed by atoms with Crippen LogP contribution in [0.1, 0.15) is 38.8 Å². The maximum Gasteiger partial charge on any atom is 0.120 e. The summed E-state index contributed by atoms with van der Waals surface area (Å²) in [5.41, 5.74) is 15.1. The highest BCUT2D eigenvalue weighted by Gasteiger charge is 2.36. The molecule has 1 aliphatic carbocycles. The highest BCUT2D eigenvalue weighted by atomic mass is 16.5. The van der Waals surface area contributed by atoms with E-state index in [2.05, 4.69) is 216 Å². The minimum Gasteiger partial charge on any atom is -0.491 e. The van der Waals surface area contributed by atoms with Gasteiger partial charge in [-0.15, -0.1) is 0 Å². The van der Waals surface area contributed by atoms with Crippen LogP contribution in [0, 0.1) is 0 Å². The summed E-state index contributed by atoms with van der Waals surface area (Å²) in [6.45, 7) is 8.89. The third kappa shape index (κ3) is 5.53. The van der Waals surface area contributed by atoms with E-state index >= 15 is 0 Å². The molecule has 0 unspecified atom stereocenters. The molecule has 0 spiro atoms. The van der Waals surface area contributed by atoms with Gasteiger partial charge < -0.3 is 4.74 Å². The van der Waals surface area contributed by atoms with Crippen LogP contribution in [0.5, 0.6) is 5.75 Å². The Labute approximate surface area is 346 Å². The van der Waals surface area contributed by atoms with Crippen LogP contribution >= 0.6 is 0 Å². The Morgan fingerprint density at radius 1 is 0.339 bits per heavy atom. The predicted molar refractivity (Wildman–Crippen MR) is 252 cm³/mol. The van der Waals surface area contributed by atoms with E-state index in [0.29, 0.717) is 0 Å². The molecule has 10 aromatic rings. The minimum atomic E-state index is -0.177. The van der Waals surface area contributed by atoms with E-state index in [1.165, 1.54) is 110 Å². The van der Waals surface area contributed by atoms with Crippen molar-refractivity contribution in [2.45, 2.75) is 39.2 Å². The molecular formula is C58H44O. The Morgan fingerprint density at radius 2 is 0.695 bits per heavy atom. The number of fused-ring (bicyclic) bond motifs is 7. The number of benzene rings is 10. The second-order valence-electron chi connectivity index (χ2n) is 16.9. The lowest BCUT2D eigenvalue weighted by molar-refractivity contribution is 0.242. The van der Waals surface area contributed by atoms with Crippen molar-refractivity contribution in [1.82, 2.24) is 0 Å². The second-order valence-corrected chi connectivity index (χ2v) is 16.9. The van der Waals surface area contributed by atoms with Gasteiger partial charge in [-0.2, -0.15) is 0 Å². The molecule has 0 bridgehead atoms. The number of rotatable bonds is 6. The molecule has 0 aliphatic heterocycles. The van der Waals surface area contributed by atoms with Crippen LogP contribution in [-0.2, 0) is 5.41 Å².